The SMILES string of the molecule is Cc1cc(C)c(NC(=O)c2nc(C(=O)NC(C)C)n3ccccc23)c(C)c1. The Morgan fingerprint density at radius 1 is 1.04 bits per heavy atom. The zero-order valence-electron chi connectivity index (χ0n) is 16.3. The highest BCUT2D eigenvalue weighted by atomic mass is 16.2. The van der Waals surface area contributed by atoms with Crippen molar-refractivity contribution in [1.82, 2.24) is 14.7 Å². The second-order valence-corrected chi connectivity index (χ2v) is 7.10. The average Bonchev–Trinajstić information content (AvgIpc) is 2.97. The van der Waals surface area contributed by atoms with Gasteiger partial charge in [0.15, 0.2) is 5.69 Å². The number of nitrogens with zero attached hydrogens (tertiary/aromatic N) is 2. The molecule has 2 aromatic heterocycles. The van der Waals surface area contributed by atoms with E-state index in [2.05, 4.69) is 15.6 Å². The lowest BCUT2D eigenvalue weighted by Crippen LogP contribution is -2.31. The summed E-state index contributed by atoms with van der Waals surface area (Å²) in [6, 6.07) is 9.42. The molecule has 0 saturated heterocycles. The highest BCUT2D eigenvalue weighted by Crippen LogP contribution is 2.23. The molecule has 3 aromatic rings. The molecule has 140 valence electrons. The Labute approximate surface area is 158 Å². The third kappa shape index (κ3) is 3.69. The summed E-state index contributed by atoms with van der Waals surface area (Å²) in [5, 5.41) is 5.78. The van der Waals surface area contributed by atoms with Crippen LogP contribution in [0.1, 0.15) is 51.6 Å². The van der Waals surface area contributed by atoms with E-state index in [1.165, 1.54) is 0 Å². The molecule has 1 aromatic carbocycles. The summed E-state index contributed by atoms with van der Waals surface area (Å²) >= 11 is 0. The van der Waals surface area contributed by atoms with Crippen LogP contribution in [-0.2, 0) is 0 Å². The van der Waals surface area contributed by atoms with Crippen LogP contribution in [0.3, 0.4) is 0 Å². The van der Waals surface area contributed by atoms with Crippen LogP contribution in [0.15, 0.2) is 36.5 Å². The fourth-order valence-electron chi connectivity index (χ4n) is 3.24. The first-order valence-corrected chi connectivity index (χ1v) is 8.95. The molecular weight excluding hydrogens is 340 g/mol. The Hall–Kier alpha value is -3.15. The minimum absolute atomic E-state index is 0.0244. The van der Waals surface area contributed by atoms with E-state index in [0.29, 0.717) is 5.52 Å². The zero-order chi connectivity index (χ0) is 19.7. The van der Waals surface area contributed by atoms with Crippen molar-refractivity contribution in [3.05, 3.63) is 64.7 Å². The Morgan fingerprint density at radius 3 is 2.33 bits per heavy atom. The van der Waals surface area contributed by atoms with Crippen LogP contribution in [0.5, 0.6) is 0 Å². The van der Waals surface area contributed by atoms with E-state index < -0.39 is 0 Å². The fourth-order valence-corrected chi connectivity index (χ4v) is 3.24. The van der Waals surface area contributed by atoms with Gasteiger partial charge in [0.2, 0.25) is 5.82 Å². The maximum Gasteiger partial charge on any atom is 0.287 e. The molecule has 0 spiro atoms. The molecule has 0 aliphatic carbocycles. The van der Waals surface area contributed by atoms with Gasteiger partial charge in [-0.15, -0.1) is 0 Å². The minimum Gasteiger partial charge on any atom is -0.347 e. The Bertz CT molecular complexity index is 1010. The van der Waals surface area contributed by atoms with E-state index in [1.807, 2.05) is 52.8 Å². The number of hydrogen-bond acceptors (Lipinski definition) is 3. The van der Waals surface area contributed by atoms with Crippen molar-refractivity contribution in [1.29, 1.82) is 0 Å². The topological polar surface area (TPSA) is 75.5 Å². The molecule has 0 bridgehead atoms. The van der Waals surface area contributed by atoms with Gasteiger partial charge < -0.3 is 10.6 Å². The number of imidazole rings is 1. The third-order valence-corrected chi connectivity index (χ3v) is 4.30. The number of rotatable bonds is 4. The Morgan fingerprint density at radius 2 is 1.70 bits per heavy atom. The molecule has 3 rings (SSSR count). The average molecular weight is 364 g/mol. The van der Waals surface area contributed by atoms with Gasteiger partial charge in [0, 0.05) is 17.9 Å². The number of carbonyl (C=O) groups excluding carboxylic acids is 2. The number of amides is 2. The van der Waals surface area contributed by atoms with Crippen molar-refractivity contribution < 1.29 is 9.59 Å². The van der Waals surface area contributed by atoms with Crippen molar-refractivity contribution in [2.75, 3.05) is 5.32 Å². The number of anilines is 1. The maximum absolute atomic E-state index is 13.0. The third-order valence-electron chi connectivity index (χ3n) is 4.30. The first-order chi connectivity index (χ1) is 12.8. The van der Waals surface area contributed by atoms with Gasteiger partial charge in [0.25, 0.3) is 11.8 Å². The molecular formula is C21H24N4O2. The minimum atomic E-state index is -0.336. The van der Waals surface area contributed by atoms with Gasteiger partial charge in [-0.1, -0.05) is 23.8 Å². The molecule has 27 heavy (non-hydrogen) atoms. The van der Waals surface area contributed by atoms with Crippen LogP contribution in [0.25, 0.3) is 5.52 Å². The van der Waals surface area contributed by atoms with Crippen molar-refractivity contribution >= 4 is 23.0 Å². The smallest absolute Gasteiger partial charge is 0.287 e. The van der Waals surface area contributed by atoms with Crippen LogP contribution in [-0.4, -0.2) is 27.2 Å². The second kappa shape index (κ2) is 7.23. The van der Waals surface area contributed by atoms with Gasteiger partial charge in [0.1, 0.15) is 0 Å². The fraction of sp³-hybridized carbons (Fsp3) is 0.286. The lowest BCUT2D eigenvalue weighted by molar-refractivity contribution is 0.0932. The van der Waals surface area contributed by atoms with Gasteiger partial charge in [-0.2, -0.15) is 0 Å². The van der Waals surface area contributed by atoms with Gasteiger partial charge in [-0.05, 0) is 57.9 Å². The summed E-state index contributed by atoms with van der Waals surface area (Å²) in [7, 11) is 0. The van der Waals surface area contributed by atoms with Gasteiger partial charge >= 0.3 is 0 Å². The Kier molecular flexibility index (Phi) is 4.99. The summed E-state index contributed by atoms with van der Waals surface area (Å²) in [5.74, 6) is -0.452. The molecule has 6 nitrogen and oxygen atoms in total. The molecule has 0 atom stereocenters. The normalized spacial score (nSPS) is 11.0. The predicted octanol–water partition coefficient (Wildman–Crippen LogP) is 3.65. The van der Waals surface area contributed by atoms with Crippen LogP contribution >= 0.6 is 0 Å². The van der Waals surface area contributed by atoms with Crippen molar-refractivity contribution in [3.63, 3.8) is 0 Å². The number of nitrogens with one attached hydrogen (secondary N) is 2. The largest absolute Gasteiger partial charge is 0.347 e. The number of fused-ring (bicyclic) bond motifs is 1. The highest BCUT2D eigenvalue weighted by Gasteiger charge is 2.22. The van der Waals surface area contributed by atoms with E-state index in [1.54, 1.807) is 22.7 Å². The molecule has 2 heterocycles. The molecule has 0 radical (unpaired) electrons. The monoisotopic (exact) mass is 364 g/mol. The molecule has 0 unspecified atom stereocenters. The molecule has 0 aliphatic heterocycles. The first-order valence-electron chi connectivity index (χ1n) is 8.95. The van der Waals surface area contributed by atoms with Crippen LogP contribution < -0.4 is 10.6 Å². The number of hydrogen-bond donors (Lipinski definition) is 2. The molecule has 2 amide bonds. The molecule has 6 heteroatoms. The van der Waals surface area contributed by atoms with Crippen molar-refractivity contribution in [2.45, 2.75) is 40.7 Å². The van der Waals surface area contributed by atoms with E-state index in [-0.39, 0.29) is 29.4 Å². The first kappa shape index (κ1) is 18.6. The predicted molar refractivity (Wildman–Crippen MR) is 106 cm³/mol. The van der Waals surface area contributed by atoms with Crippen molar-refractivity contribution in [3.8, 4) is 0 Å². The molecule has 0 fully saturated rings. The van der Waals surface area contributed by atoms with Crippen LogP contribution in [0.4, 0.5) is 5.69 Å². The lowest BCUT2D eigenvalue weighted by Gasteiger charge is -2.12. The standard InChI is InChI=1S/C21H24N4O2/c1-12(2)22-21(27)19-23-18(16-8-6-7-9-25(16)19)20(26)24-17-14(4)10-13(3)11-15(17)5/h6-12H,1-5H3,(H,22,27)(H,24,26). The zero-order valence-corrected chi connectivity index (χ0v) is 16.3. The Balaban J connectivity index is 2.02. The summed E-state index contributed by atoms with van der Waals surface area (Å²) in [6.45, 7) is 9.70. The van der Waals surface area contributed by atoms with E-state index >= 15 is 0 Å². The second-order valence-electron chi connectivity index (χ2n) is 7.10. The maximum atomic E-state index is 13.0. The molecule has 2 N–H and O–H groups in total. The van der Waals surface area contributed by atoms with E-state index in [4.69, 9.17) is 0 Å². The van der Waals surface area contributed by atoms with E-state index in [9.17, 15) is 9.59 Å². The van der Waals surface area contributed by atoms with Gasteiger partial charge in [0.05, 0.1) is 5.52 Å². The van der Waals surface area contributed by atoms with Gasteiger partial charge in [-0.25, -0.2) is 4.98 Å². The van der Waals surface area contributed by atoms with Crippen LogP contribution in [0, 0.1) is 20.8 Å². The number of pyridine rings is 1. The van der Waals surface area contributed by atoms with E-state index in [0.717, 1.165) is 22.4 Å². The number of benzene rings is 1. The molecule has 0 aliphatic rings. The summed E-state index contributed by atoms with van der Waals surface area (Å²) < 4.78 is 1.64. The highest BCUT2D eigenvalue weighted by molar-refractivity contribution is 6.09. The molecule has 0 saturated carbocycles. The number of carbonyl (C=O) groups is 2. The summed E-state index contributed by atoms with van der Waals surface area (Å²) in [6.07, 6.45) is 1.73. The van der Waals surface area contributed by atoms with Crippen molar-refractivity contribution in [2.24, 2.45) is 0 Å². The number of aromatic nitrogens is 2. The summed E-state index contributed by atoms with van der Waals surface area (Å²) in [5.41, 5.74) is 4.71. The quantitative estimate of drug-likeness (QED) is 0.742. The summed E-state index contributed by atoms with van der Waals surface area (Å²) in [4.78, 5) is 29.8. The van der Waals surface area contributed by atoms with Gasteiger partial charge in [-0.3, -0.25) is 14.0 Å². The van der Waals surface area contributed by atoms with Crippen LogP contribution in [0.2, 0.25) is 0 Å². The number of aryl methyl sites for hydroxylation is 3. The lowest BCUT2D eigenvalue weighted by atomic mass is 10.0.